The van der Waals surface area contributed by atoms with Gasteiger partial charge in [0.2, 0.25) is 5.91 Å². The molecule has 11 heteroatoms. The minimum Gasteiger partial charge on any atom is -0.383 e. The Labute approximate surface area is 199 Å². The molecule has 1 aromatic carbocycles. The van der Waals surface area contributed by atoms with Crippen molar-refractivity contribution in [2.45, 2.75) is 19.9 Å². The Bertz CT molecular complexity index is 1620. The van der Waals surface area contributed by atoms with Crippen LogP contribution in [0.25, 0.3) is 27.5 Å². The van der Waals surface area contributed by atoms with Crippen LogP contribution in [0.2, 0.25) is 0 Å². The third kappa shape index (κ3) is 3.80. The maximum Gasteiger partial charge on any atom is 0.272 e. The predicted molar refractivity (Wildman–Crippen MR) is 129 cm³/mol. The number of nitrogens with two attached hydrogens (primary N) is 1. The van der Waals surface area contributed by atoms with Crippen molar-refractivity contribution < 1.29 is 14.0 Å². The van der Waals surface area contributed by atoms with Crippen LogP contribution in [0.1, 0.15) is 29.4 Å². The molecule has 10 nitrogen and oxygen atoms in total. The maximum atomic E-state index is 13.7. The van der Waals surface area contributed by atoms with Crippen molar-refractivity contribution in [3.63, 3.8) is 0 Å². The van der Waals surface area contributed by atoms with Crippen LogP contribution < -0.4 is 5.73 Å². The Morgan fingerprint density at radius 1 is 1.11 bits per heavy atom. The number of benzene rings is 1. The smallest absolute Gasteiger partial charge is 0.272 e. The molecule has 0 atom stereocenters. The van der Waals surface area contributed by atoms with E-state index in [-0.39, 0.29) is 18.9 Å². The van der Waals surface area contributed by atoms with E-state index in [4.69, 9.17) is 5.73 Å². The third-order valence-corrected chi connectivity index (χ3v) is 5.99. The number of rotatable bonds is 4. The zero-order chi connectivity index (χ0) is 24.9. The Balaban J connectivity index is 1.58. The number of aryl methyl sites for hydroxylation is 1. The van der Waals surface area contributed by atoms with Gasteiger partial charge in [0, 0.05) is 43.9 Å². The summed E-state index contributed by atoms with van der Waals surface area (Å²) < 4.78 is 16.8. The summed E-state index contributed by atoms with van der Waals surface area (Å²) in [6, 6.07) is 7.96. The molecule has 0 radical (unpaired) electrons. The molecule has 2 amide bonds. The predicted octanol–water partition coefficient (Wildman–Crippen LogP) is 2.92. The molecule has 178 valence electrons. The van der Waals surface area contributed by atoms with Crippen LogP contribution in [0.4, 0.5) is 10.2 Å². The van der Waals surface area contributed by atoms with Crippen LogP contribution in [-0.4, -0.2) is 53.0 Å². The molecule has 0 aliphatic rings. The topological polar surface area (TPSA) is 115 Å². The van der Waals surface area contributed by atoms with Crippen molar-refractivity contribution >= 4 is 45.1 Å². The second kappa shape index (κ2) is 8.35. The van der Waals surface area contributed by atoms with Crippen molar-refractivity contribution in [3.05, 3.63) is 66.0 Å². The number of pyridine rings is 2. The molecule has 0 saturated carbocycles. The summed E-state index contributed by atoms with van der Waals surface area (Å²) in [5.41, 5.74) is 8.86. The lowest BCUT2D eigenvalue weighted by Gasteiger charge is -2.31. The second-order valence-corrected chi connectivity index (χ2v) is 8.24. The van der Waals surface area contributed by atoms with Crippen molar-refractivity contribution in [1.29, 1.82) is 0 Å². The summed E-state index contributed by atoms with van der Waals surface area (Å²) >= 11 is 0. The van der Waals surface area contributed by atoms with Crippen LogP contribution in [0.5, 0.6) is 0 Å². The quantitative estimate of drug-likeness (QED) is 0.401. The number of carbonyl (C=O) groups excluding carboxylic acids is 2. The molecule has 0 saturated heterocycles. The van der Waals surface area contributed by atoms with Crippen LogP contribution in [0, 0.1) is 5.82 Å². The lowest BCUT2D eigenvalue weighted by molar-refractivity contribution is -0.142. The number of hydrazine groups is 1. The molecule has 5 aromatic rings. The highest BCUT2D eigenvalue weighted by atomic mass is 19.1. The van der Waals surface area contributed by atoms with E-state index >= 15 is 0 Å². The van der Waals surface area contributed by atoms with Crippen molar-refractivity contribution in [3.8, 4) is 0 Å². The van der Waals surface area contributed by atoms with Gasteiger partial charge in [-0.15, -0.1) is 0 Å². The van der Waals surface area contributed by atoms with Gasteiger partial charge in [0.1, 0.15) is 17.3 Å². The molecule has 0 spiro atoms. The van der Waals surface area contributed by atoms with E-state index in [0.29, 0.717) is 39.0 Å². The Hall–Kier alpha value is -4.54. The van der Waals surface area contributed by atoms with Gasteiger partial charge >= 0.3 is 0 Å². The zero-order valence-electron chi connectivity index (χ0n) is 19.4. The number of fused-ring (bicyclic) bond motifs is 4. The highest BCUT2D eigenvalue weighted by Crippen LogP contribution is 2.28. The minimum absolute atomic E-state index is 0.0174. The van der Waals surface area contributed by atoms with Crippen LogP contribution in [0.15, 0.2) is 48.9 Å². The number of hydrogen-bond acceptors (Lipinski definition) is 6. The molecule has 35 heavy (non-hydrogen) atoms. The molecule has 0 unspecified atom stereocenters. The van der Waals surface area contributed by atoms with Gasteiger partial charge in [0.05, 0.1) is 34.9 Å². The molecular formula is C24H23FN8O2. The van der Waals surface area contributed by atoms with E-state index in [9.17, 15) is 14.0 Å². The molecule has 0 fully saturated rings. The van der Waals surface area contributed by atoms with Crippen LogP contribution in [-0.2, 0) is 18.4 Å². The maximum absolute atomic E-state index is 13.7. The van der Waals surface area contributed by atoms with Crippen molar-refractivity contribution in [2.75, 3.05) is 12.8 Å². The highest BCUT2D eigenvalue weighted by Gasteiger charge is 2.25. The number of nitrogens with zero attached hydrogens (tertiary/aromatic N) is 7. The number of nitrogen functional groups attached to an aromatic ring is 1. The summed E-state index contributed by atoms with van der Waals surface area (Å²) in [4.78, 5) is 35.2. The first-order valence-electron chi connectivity index (χ1n) is 11.0. The molecule has 0 aliphatic carbocycles. The normalized spacial score (nSPS) is 11.4. The number of amides is 2. The highest BCUT2D eigenvalue weighted by molar-refractivity contribution is 6.10. The molecule has 5 rings (SSSR count). The lowest BCUT2D eigenvalue weighted by atomic mass is 10.1. The molecule has 0 aliphatic heterocycles. The zero-order valence-corrected chi connectivity index (χ0v) is 19.4. The van der Waals surface area contributed by atoms with Crippen LogP contribution in [0.3, 0.4) is 0 Å². The first-order chi connectivity index (χ1) is 16.8. The monoisotopic (exact) mass is 474 g/mol. The van der Waals surface area contributed by atoms with Gasteiger partial charge in [-0.05, 0) is 30.3 Å². The SMILES string of the molecule is CCC(=O)N(C)N(Cc1cn2cc(F)ccc2n1)C(=O)c1ccc2nc(N)c3cnn(C)c3c2c1. The van der Waals surface area contributed by atoms with E-state index < -0.39 is 11.7 Å². The van der Waals surface area contributed by atoms with E-state index in [2.05, 4.69) is 15.1 Å². The van der Waals surface area contributed by atoms with Gasteiger partial charge in [-0.3, -0.25) is 19.3 Å². The summed E-state index contributed by atoms with van der Waals surface area (Å²) in [7, 11) is 3.34. The second-order valence-electron chi connectivity index (χ2n) is 8.24. The average Bonchev–Trinajstić information content (AvgIpc) is 3.44. The molecule has 4 heterocycles. The summed E-state index contributed by atoms with van der Waals surface area (Å²) in [5, 5.41) is 8.30. The standard InChI is InChI=1S/C24H23FN8O2/c1-4-21(34)31(3)33(13-16-12-32-11-15(25)6-8-20(32)28-16)24(35)14-5-7-19-17(9-14)22-18(23(26)29-19)10-27-30(22)2/h5-12H,4,13H2,1-3H3,(H2,26,29). The number of aromatic nitrogens is 5. The Kier molecular flexibility index (Phi) is 5.31. The molecule has 4 aromatic heterocycles. The van der Waals surface area contributed by atoms with Gasteiger partial charge in [-0.25, -0.2) is 19.4 Å². The fourth-order valence-electron chi connectivity index (χ4n) is 4.16. The summed E-state index contributed by atoms with van der Waals surface area (Å²) in [6.07, 6.45) is 4.79. The third-order valence-electron chi connectivity index (χ3n) is 5.99. The number of carbonyl (C=O) groups is 2. The number of halogens is 1. The number of hydrogen-bond donors (Lipinski definition) is 1. The fourth-order valence-corrected chi connectivity index (χ4v) is 4.16. The molecule has 2 N–H and O–H groups in total. The van der Waals surface area contributed by atoms with Crippen LogP contribution >= 0.6 is 0 Å². The van der Waals surface area contributed by atoms with E-state index in [1.165, 1.54) is 22.3 Å². The lowest BCUT2D eigenvalue weighted by Crippen LogP contribution is -2.46. The van der Waals surface area contributed by atoms with E-state index in [0.717, 1.165) is 5.52 Å². The van der Waals surface area contributed by atoms with Gasteiger partial charge < -0.3 is 10.1 Å². The molecular weight excluding hydrogens is 451 g/mol. The van der Waals surface area contributed by atoms with Gasteiger partial charge in [-0.1, -0.05) is 6.92 Å². The Morgan fingerprint density at radius 2 is 1.91 bits per heavy atom. The van der Waals surface area contributed by atoms with E-state index in [1.54, 1.807) is 66.8 Å². The van der Waals surface area contributed by atoms with Crippen molar-refractivity contribution in [2.24, 2.45) is 7.05 Å². The van der Waals surface area contributed by atoms with Crippen molar-refractivity contribution in [1.82, 2.24) is 34.2 Å². The van der Waals surface area contributed by atoms with E-state index in [1.807, 2.05) is 0 Å². The minimum atomic E-state index is -0.403. The first kappa shape index (κ1) is 22.3. The largest absolute Gasteiger partial charge is 0.383 e. The summed E-state index contributed by atoms with van der Waals surface area (Å²) in [5.74, 6) is -0.679. The van der Waals surface area contributed by atoms with Gasteiger partial charge in [0.15, 0.2) is 0 Å². The average molecular weight is 475 g/mol. The molecule has 0 bridgehead atoms. The summed E-state index contributed by atoms with van der Waals surface area (Å²) in [6.45, 7) is 1.74. The Morgan fingerprint density at radius 3 is 2.69 bits per heavy atom. The first-order valence-corrected chi connectivity index (χ1v) is 11.0. The van der Waals surface area contributed by atoms with Gasteiger partial charge in [-0.2, -0.15) is 5.10 Å². The fraction of sp³-hybridized carbons (Fsp3) is 0.208. The number of anilines is 1. The van der Waals surface area contributed by atoms with Gasteiger partial charge in [0.25, 0.3) is 5.91 Å². The number of imidazole rings is 1.